The highest BCUT2D eigenvalue weighted by molar-refractivity contribution is 5.88. The molecule has 0 saturated heterocycles. The van der Waals surface area contributed by atoms with Crippen molar-refractivity contribution in [2.24, 2.45) is 0 Å². The van der Waals surface area contributed by atoms with Crippen LogP contribution in [0.2, 0.25) is 0 Å². The number of carbonyl (C=O) groups excluding carboxylic acids is 2. The van der Waals surface area contributed by atoms with E-state index in [-0.39, 0.29) is 5.91 Å². The summed E-state index contributed by atoms with van der Waals surface area (Å²) in [6.45, 7) is 5.41. The summed E-state index contributed by atoms with van der Waals surface area (Å²) in [7, 11) is 2.75. The fourth-order valence-electron chi connectivity index (χ4n) is 2.12. The molecule has 5 nitrogen and oxygen atoms in total. The highest BCUT2D eigenvalue weighted by atomic mass is 16.5. The lowest BCUT2D eigenvalue weighted by molar-refractivity contribution is -0.146. The third-order valence-corrected chi connectivity index (χ3v) is 3.19. The van der Waals surface area contributed by atoms with Crippen molar-refractivity contribution in [1.29, 1.82) is 0 Å². The number of rotatable bonds is 5. The van der Waals surface area contributed by atoms with Gasteiger partial charge in [0.25, 0.3) is 5.91 Å². The fraction of sp³-hybridized carbons (Fsp3) is 0.467. The molecule has 0 radical (unpaired) electrons. The molecule has 1 aromatic rings. The maximum atomic E-state index is 12.3. The van der Waals surface area contributed by atoms with Crippen LogP contribution in [-0.2, 0) is 19.1 Å². The molecule has 1 rings (SSSR count). The summed E-state index contributed by atoms with van der Waals surface area (Å²) in [5.74, 6) is -0.850. The first kappa shape index (κ1) is 16.2. The van der Waals surface area contributed by atoms with Gasteiger partial charge in [0.05, 0.1) is 7.11 Å². The molecule has 1 unspecified atom stereocenters. The van der Waals surface area contributed by atoms with Crippen molar-refractivity contribution >= 4 is 11.9 Å². The molecule has 5 heteroatoms. The van der Waals surface area contributed by atoms with Crippen molar-refractivity contribution in [2.75, 3.05) is 14.2 Å². The summed E-state index contributed by atoms with van der Waals surface area (Å²) in [6.07, 6.45) is -0.747. The predicted molar refractivity (Wildman–Crippen MR) is 75.3 cm³/mol. The summed E-state index contributed by atoms with van der Waals surface area (Å²) in [5.41, 5.74) is 2.76. The maximum absolute atomic E-state index is 12.3. The van der Waals surface area contributed by atoms with E-state index in [4.69, 9.17) is 4.74 Å². The molecular formula is C15H21NO4. The molecule has 1 N–H and O–H groups in total. The SMILES string of the molecule is COC(=O)C(C)NC(=O)[C@H](OC)c1c(C)cccc1C. The normalized spacial score (nSPS) is 13.4. The van der Waals surface area contributed by atoms with Crippen LogP contribution >= 0.6 is 0 Å². The van der Waals surface area contributed by atoms with Crippen molar-refractivity contribution in [3.8, 4) is 0 Å². The van der Waals surface area contributed by atoms with Crippen LogP contribution in [0.5, 0.6) is 0 Å². The van der Waals surface area contributed by atoms with Gasteiger partial charge in [-0.1, -0.05) is 18.2 Å². The van der Waals surface area contributed by atoms with Crippen molar-refractivity contribution in [3.05, 3.63) is 34.9 Å². The fourth-order valence-corrected chi connectivity index (χ4v) is 2.12. The molecule has 1 amide bonds. The molecule has 0 bridgehead atoms. The minimum atomic E-state index is -0.747. The zero-order valence-electron chi connectivity index (χ0n) is 12.5. The molecule has 110 valence electrons. The largest absolute Gasteiger partial charge is 0.467 e. The van der Waals surface area contributed by atoms with E-state index < -0.39 is 18.1 Å². The molecule has 0 aliphatic rings. The Kier molecular flexibility index (Phi) is 5.70. The maximum Gasteiger partial charge on any atom is 0.328 e. The molecule has 20 heavy (non-hydrogen) atoms. The lowest BCUT2D eigenvalue weighted by Crippen LogP contribution is -2.42. The number of benzene rings is 1. The Labute approximate surface area is 119 Å². The number of esters is 1. The minimum Gasteiger partial charge on any atom is -0.467 e. The Morgan fingerprint density at radius 1 is 1.15 bits per heavy atom. The minimum absolute atomic E-state index is 0.359. The number of hydrogen-bond acceptors (Lipinski definition) is 4. The number of amides is 1. The number of aryl methyl sites for hydroxylation is 2. The first-order valence-corrected chi connectivity index (χ1v) is 6.39. The Balaban J connectivity index is 2.96. The summed E-state index contributed by atoms with van der Waals surface area (Å²) in [5, 5.41) is 2.60. The molecule has 0 heterocycles. The van der Waals surface area contributed by atoms with Gasteiger partial charge in [0.2, 0.25) is 0 Å². The van der Waals surface area contributed by atoms with Crippen LogP contribution < -0.4 is 5.32 Å². The summed E-state index contributed by atoms with van der Waals surface area (Å²) in [4.78, 5) is 23.6. The van der Waals surface area contributed by atoms with Gasteiger partial charge in [-0.15, -0.1) is 0 Å². The van der Waals surface area contributed by atoms with Gasteiger partial charge in [-0.25, -0.2) is 4.79 Å². The van der Waals surface area contributed by atoms with Crippen LogP contribution in [0.4, 0.5) is 0 Å². The first-order valence-electron chi connectivity index (χ1n) is 6.39. The second kappa shape index (κ2) is 7.05. The number of hydrogen-bond donors (Lipinski definition) is 1. The molecule has 0 fully saturated rings. The van der Waals surface area contributed by atoms with Crippen LogP contribution in [0.25, 0.3) is 0 Å². The van der Waals surface area contributed by atoms with E-state index in [0.717, 1.165) is 16.7 Å². The van der Waals surface area contributed by atoms with Crippen LogP contribution in [0.3, 0.4) is 0 Å². The smallest absolute Gasteiger partial charge is 0.328 e. The van der Waals surface area contributed by atoms with Gasteiger partial charge in [0.1, 0.15) is 6.04 Å². The van der Waals surface area contributed by atoms with Crippen molar-refractivity contribution in [3.63, 3.8) is 0 Å². The Morgan fingerprint density at radius 3 is 2.15 bits per heavy atom. The second-order valence-corrected chi connectivity index (χ2v) is 4.67. The van der Waals surface area contributed by atoms with Gasteiger partial charge >= 0.3 is 5.97 Å². The molecule has 0 aliphatic carbocycles. The van der Waals surface area contributed by atoms with E-state index in [1.165, 1.54) is 14.2 Å². The van der Waals surface area contributed by atoms with Crippen LogP contribution in [0.15, 0.2) is 18.2 Å². The van der Waals surface area contributed by atoms with E-state index >= 15 is 0 Å². The van der Waals surface area contributed by atoms with Crippen LogP contribution in [0, 0.1) is 13.8 Å². The van der Waals surface area contributed by atoms with E-state index in [1.807, 2.05) is 32.0 Å². The topological polar surface area (TPSA) is 64.6 Å². The van der Waals surface area contributed by atoms with E-state index in [9.17, 15) is 9.59 Å². The highest BCUT2D eigenvalue weighted by Crippen LogP contribution is 2.24. The average Bonchev–Trinajstić information content (AvgIpc) is 2.41. The summed E-state index contributed by atoms with van der Waals surface area (Å²) >= 11 is 0. The molecule has 0 saturated carbocycles. The molecule has 0 aliphatic heterocycles. The third-order valence-electron chi connectivity index (χ3n) is 3.19. The first-order chi connectivity index (χ1) is 9.42. The lowest BCUT2D eigenvalue weighted by Gasteiger charge is -2.21. The van der Waals surface area contributed by atoms with E-state index in [2.05, 4.69) is 10.1 Å². The second-order valence-electron chi connectivity index (χ2n) is 4.67. The third kappa shape index (κ3) is 3.57. The highest BCUT2D eigenvalue weighted by Gasteiger charge is 2.26. The number of ether oxygens (including phenoxy) is 2. The molecule has 0 spiro atoms. The molecular weight excluding hydrogens is 258 g/mol. The van der Waals surface area contributed by atoms with Gasteiger partial charge in [0, 0.05) is 7.11 Å². The van der Waals surface area contributed by atoms with E-state index in [0.29, 0.717) is 0 Å². The van der Waals surface area contributed by atoms with Crippen LogP contribution in [0.1, 0.15) is 29.7 Å². The van der Waals surface area contributed by atoms with Gasteiger partial charge in [-0.2, -0.15) is 0 Å². The summed E-state index contributed by atoms with van der Waals surface area (Å²) < 4.78 is 9.89. The monoisotopic (exact) mass is 279 g/mol. The molecule has 0 aromatic heterocycles. The van der Waals surface area contributed by atoms with Gasteiger partial charge in [0.15, 0.2) is 6.10 Å². The zero-order chi connectivity index (χ0) is 15.3. The van der Waals surface area contributed by atoms with Crippen molar-refractivity contribution < 1.29 is 19.1 Å². The summed E-state index contributed by atoms with van der Waals surface area (Å²) in [6, 6.07) is 5.06. The number of methoxy groups -OCH3 is 2. The number of nitrogens with one attached hydrogen (secondary N) is 1. The predicted octanol–water partition coefficient (Wildman–Crippen LogP) is 1.67. The molecule has 2 atom stereocenters. The zero-order valence-corrected chi connectivity index (χ0v) is 12.5. The Hall–Kier alpha value is -1.88. The van der Waals surface area contributed by atoms with Gasteiger partial charge < -0.3 is 14.8 Å². The molecule has 1 aromatic carbocycles. The van der Waals surface area contributed by atoms with Gasteiger partial charge in [-0.05, 0) is 37.5 Å². The van der Waals surface area contributed by atoms with E-state index in [1.54, 1.807) is 6.92 Å². The Morgan fingerprint density at radius 2 is 1.70 bits per heavy atom. The van der Waals surface area contributed by atoms with Crippen molar-refractivity contribution in [2.45, 2.75) is 32.9 Å². The van der Waals surface area contributed by atoms with Crippen LogP contribution in [-0.4, -0.2) is 32.1 Å². The number of carbonyl (C=O) groups is 2. The standard InChI is InChI=1S/C15H21NO4/c1-9-7-6-8-10(2)12(9)13(19-4)14(17)16-11(3)15(18)20-5/h6-8,11,13H,1-5H3,(H,16,17)/t11?,13-/m1/s1. The quantitative estimate of drug-likeness (QED) is 0.833. The average molecular weight is 279 g/mol. The lowest BCUT2D eigenvalue weighted by atomic mass is 9.97. The Bertz CT molecular complexity index is 478. The van der Waals surface area contributed by atoms with Gasteiger partial charge in [-0.3, -0.25) is 4.79 Å². The van der Waals surface area contributed by atoms with Crippen molar-refractivity contribution in [1.82, 2.24) is 5.32 Å².